The summed E-state index contributed by atoms with van der Waals surface area (Å²) in [5.41, 5.74) is 0.0687. The Morgan fingerprint density at radius 2 is 1.76 bits per heavy atom. The Hall–Kier alpha value is -1.61. The average molecular weight is 335 g/mol. The van der Waals surface area contributed by atoms with Gasteiger partial charge >= 0.3 is 5.97 Å². The highest BCUT2D eigenvalue weighted by molar-refractivity contribution is 7.91. The SMILES string of the molecule is CCC(Nc1ccc(S(C)(=O)=O)cc1S(C)(=O)=O)C(=O)O. The van der Waals surface area contributed by atoms with Crippen LogP contribution in [0.15, 0.2) is 28.0 Å². The number of benzene rings is 1. The van der Waals surface area contributed by atoms with Crippen LogP contribution < -0.4 is 5.32 Å². The zero-order valence-corrected chi connectivity index (χ0v) is 13.5. The van der Waals surface area contributed by atoms with Gasteiger partial charge in [-0.2, -0.15) is 0 Å². The smallest absolute Gasteiger partial charge is 0.326 e. The van der Waals surface area contributed by atoms with Crippen molar-refractivity contribution in [3.05, 3.63) is 18.2 Å². The van der Waals surface area contributed by atoms with Crippen molar-refractivity contribution >= 4 is 31.3 Å². The molecule has 0 aromatic heterocycles. The van der Waals surface area contributed by atoms with Crippen molar-refractivity contribution in [1.82, 2.24) is 0 Å². The number of nitrogens with one attached hydrogen (secondary N) is 1. The number of carboxylic acid groups (broad SMARTS) is 1. The van der Waals surface area contributed by atoms with E-state index in [1.54, 1.807) is 6.92 Å². The number of carboxylic acids is 1. The minimum absolute atomic E-state index is 0.0687. The van der Waals surface area contributed by atoms with Gasteiger partial charge in [-0.15, -0.1) is 0 Å². The molecule has 7 nitrogen and oxygen atoms in total. The van der Waals surface area contributed by atoms with Crippen LogP contribution in [0.3, 0.4) is 0 Å². The summed E-state index contributed by atoms with van der Waals surface area (Å²) in [6.07, 6.45) is 2.14. The quantitative estimate of drug-likeness (QED) is 0.788. The van der Waals surface area contributed by atoms with E-state index >= 15 is 0 Å². The molecule has 21 heavy (non-hydrogen) atoms. The minimum Gasteiger partial charge on any atom is -0.480 e. The normalized spacial score (nSPS) is 13.7. The minimum atomic E-state index is -3.72. The van der Waals surface area contributed by atoms with Gasteiger partial charge in [-0.3, -0.25) is 0 Å². The van der Waals surface area contributed by atoms with E-state index in [9.17, 15) is 21.6 Å². The molecule has 9 heteroatoms. The van der Waals surface area contributed by atoms with Gasteiger partial charge in [-0.25, -0.2) is 21.6 Å². The maximum absolute atomic E-state index is 11.8. The largest absolute Gasteiger partial charge is 0.480 e. The second kappa shape index (κ2) is 6.02. The summed E-state index contributed by atoms with van der Waals surface area (Å²) in [6.45, 7) is 1.64. The molecule has 0 aliphatic rings. The van der Waals surface area contributed by atoms with E-state index in [2.05, 4.69) is 5.32 Å². The molecule has 0 amide bonds. The van der Waals surface area contributed by atoms with E-state index in [4.69, 9.17) is 5.11 Å². The second-order valence-corrected chi connectivity index (χ2v) is 8.65. The Kier molecular flexibility index (Phi) is 5.00. The molecule has 2 N–H and O–H groups in total. The van der Waals surface area contributed by atoms with Crippen molar-refractivity contribution < 1.29 is 26.7 Å². The Morgan fingerprint density at radius 3 is 2.14 bits per heavy atom. The number of carbonyl (C=O) groups is 1. The molecule has 0 fully saturated rings. The van der Waals surface area contributed by atoms with E-state index in [1.807, 2.05) is 0 Å². The van der Waals surface area contributed by atoms with Crippen LogP contribution >= 0.6 is 0 Å². The van der Waals surface area contributed by atoms with Gasteiger partial charge in [0.15, 0.2) is 19.7 Å². The lowest BCUT2D eigenvalue weighted by Crippen LogP contribution is -2.29. The van der Waals surface area contributed by atoms with E-state index in [0.29, 0.717) is 0 Å². The van der Waals surface area contributed by atoms with Crippen LogP contribution in [0.25, 0.3) is 0 Å². The zero-order valence-electron chi connectivity index (χ0n) is 11.8. The molecule has 1 unspecified atom stereocenters. The first-order chi connectivity index (χ1) is 9.46. The lowest BCUT2D eigenvalue weighted by atomic mass is 10.2. The van der Waals surface area contributed by atoms with E-state index in [1.165, 1.54) is 12.1 Å². The van der Waals surface area contributed by atoms with Gasteiger partial charge in [0.25, 0.3) is 0 Å². The van der Waals surface area contributed by atoms with Crippen molar-refractivity contribution in [2.24, 2.45) is 0 Å². The molecule has 1 atom stereocenters. The molecule has 0 saturated heterocycles. The molecule has 1 aromatic carbocycles. The molecular weight excluding hydrogens is 318 g/mol. The lowest BCUT2D eigenvalue weighted by Gasteiger charge is -2.17. The first-order valence-corrected chi connectivity index (χ1v) is 9.78. The molecule has 0 aliphatic heterocycles. The molecule has 1 rings (SSSR count). The third kappa shape index (κ3) is 4.43. The molecule has 0 radical (unpaired) electrons. The monoisotopic (exact) mass is 335 g/mol. The topological polar surface area (TPSA) is 118 Å². The Balaban J connectivity index is 3.44. The molecule has 0 spiro atoms. The molecule has 0 heterocycles. The second-order valence-electron chi connectivity index (χ2n) is 4.65. The van der Waals surface area contributed by atoms with Crippen LogP contribution in [0.1, 0.15) is 13.3 Å². The zero-order chi connectivity index (χ0) is 16.4. The van der Waals surface area contributed by atoms with Gasteiger partial charge in [-0.05, 0) is 24.6 Å². The fourth-order valence-corrected chi connectivity index (χ4v) is 3.27. The third-order valence-corrected chi connectivity index (χ3v) is 5.06. The molecule has 0 aliphatic carbocycles. The van der Waals surface area contributed by atoms with Gasteiger partial charge in [0.1, 0.15) is 6.04 Å². The van der Waals surface area contributed by atoms with E-state index in [0.717, 1.165) is 18.6 Å². The lowest BCUT2D eigenvalue weighted by molar-refractivity contribution is -0.137. The summed E-state index contributed by atoms with van der Waals surface area (Å²) >= 11 is 0. The van der Waals surface area contributed by atoms with Gasteiger partial charge in [-0.1, -0.05) is 6.92 Å². The predicted octanol–water partition coefficient (Wildman–Crippen LogP) is 0.769. The van der Waals surface area contributed by atoms with Crippen molar-refractivity contribution in [2.45, 2.75) is 29.2 Å². The molecule has 1 aromatic rings. The standard InChI is InChI=1S/C12H17NO6S2/c1-4-9(12(14)15)13-10-6-5-8(20(2,16)17)7-11(10)21(3,18)19/h5-7,9,13H,4H2,1-3H3,(H,14,15). The van der Waals surface area contributed by atoms with Crippen LogP contribution in [0, 0.1) is 0 Å². The van der Waals surface area contributed by atoms with Crippen molar-refractivity contribution in [3.8, 4) is 0 Å². The van der Waals surface area contributed by atoms with Gasteiger partial charge in [0, 0.05) is 12.5 Å². The van der Waals surface area contributed by atoms with Crippen LogP contribution in [0.4, 0.5) is 5.69 Å². The van der Waals surface area contributed by atoms with Gasteiger partial charge < -0.3 is 10.4 Å². The summed E-state index contributed by atoms with van der Waals surface area (Å²) in [5.74, 6) is -1.12. The number of hydrogen-bond donors (Lipinski definition) is 2. The Labute approximate surface area is 123 Å². The Morgan fingerprint density at radius 1 is 1.19 bits per heavy atom. The third-order valence-electron chi connectivity index (χ3n) is 2.82. The van der Waals surface area contributed by atoms with Gasteiger partial charge in [0.2, 0.25) is 0 Å². The summed E-state index contributed by atoms with van der Waals surface area (Å²) in [6, 6.07) is 2.57. The summed E-state index contributed by atoms with van der Waals surface area (Å²) in [4.78, 5) is 10.6. The number of sulfone groups is 2. The van der Waals surface area contributed by atoms with E-state index < -0.39 is 31.7 Å². The fourth-order valence-electron chi connectivity index (χ4n) is 1.69. The van der Waals surface area contributed by atoms with Crippen LogP contribution in [-0.2, 0) is 24.5 Å². The number of rotatable bonds is 6. The van der Waals surface area contributed by atoms with Crippen molar-refractivity contribution in [3.63, 3.8) is 0 Å². The molecule has 0 bridgehead atoms. The summed E-state index contributed by atoms with van der Waals surface area (Å²) in [7, 11) is -7.28. The maximum atomic E-state index is 11.8. The van der Waals surface area contributed by atoms with Crippen LogP contribution in [0.5, 0.6) is 0 Å². The summed E-state index contributed by atoms with van der Waals surface area (Å²) in [5, 5.41) is 11.6. The highest BCUT2D eigenvalue weighted by Gasteiger charge is 2.21. The van der Waals surface area contributed by atoms with Gasteiger partial charge in [0.05, 0.1) is 15.5 Å². The fraction of sp³-hybridized carbons (Fsp3) is 0.417. The number of aliphatic carboxylic acids is 1. The highest BCUT2D eigenvalue weighted by atomic mass is 32.2. The van der Waals surface area contributed by atoms with Crippen LogP contribution in [-0.4, -0.2) is 46.5 Å². The summed E-state index contributed by atoms with van der Waals surface area (Å²) < 4.78 is 46.6. The van der Waals surface area contributed by atoms with Crippen LogP contribution in [0.2, 0.25) is 0 Å². The highest BCUT2D eigenvalue weighted by Crippen LogP contribution is 2.26. The predicted molar refractivity (Wildman–Crippen MR) is 78.0 cm³/mol. The molecular formula is C12H17NO6S2. The van der Waals surface area contributed by atoms with E-state index in [-0.39, 0.29) is 21.9 Å². The number of anilines is 1. The first kappa shape index (κ1) is 17.4. The van der Waals surface area contributed by atoms with Crippen molar-refractivity contribution in [2.75, 3.05) is 17.8 Å². The average Bonchev–Trinajstić information content (AvgIpc) is 2.33. The van der Waals surface area contributed by atoms with Crippen molar-refractivity contribution in [1.29, 1.82) is 0 Å². The molecule has 0 saturated carbocycles. The maximum Gasteiger partial charge on any atom is 0.326 e. The number of hydrogen-bond acceptors (Lipinski definition) is 6. The first-order valence-electron chi connectivity index (χ1n) is 6.00. The Bertz CT molecular complexity index is 752. The molecule has 118 valence electrons.